The van der Waals surface area contributed by atoms with E-state index in [2.05, 4.69) is 6.92 Å². The fraction of sp³-hybridized carbons (Fsp3) is 0.333. The molecule has 0 saturated heterocycles. The molecule has 0 aliphatic heterocycles. The minimum Gasteiger partial charge on any atom is -0.618 e. The summed E-state index contributed by atoms with van der Waals surface area (Å²) >= 11 is 0. The standard InChI is InChI=1S/C12H14N2O2/c1-2-3-4-10-5-6-11-12(9-10)14(16)8-7-13(11)15/h5-9H,2-4H2,1H3. The zero-order valence-electron chi connectivity index (χ0n) is 9.22. The Hall–Kier alpha value is -1.84. The predicted molar refractivity (Wildman–Crippen MR) is 60.5 cm³/mol. The number of hydrogen-bond acceptors (Lipinski definition) is 2. The number of unbranched alkanes of at least 4 members (excludes halogenated alkanes) is 1. The molecule has 4 heteroatoms. The van der Waals surface area contributed by atoms with Crippen LogP contribution in [0.4, 0.5) is 0 Å². The molecule has 2 rings (SSSR count). The van der Waals surface area contributed by atoms with Gasteiger partial charge in [-0.3, -0.25) is 0 Å². The lowest BCUT2D eigenvalue weighted by Crippen LogP contribution is -2.36. The Morgan fingerprint density at radius 2 is 1.75 bits per heavy atom. The molecular weight excluding hydrogens is 204 g/mol. The maximum Gasteiger partial charge on any atom is 0.290 e. The molecule has 0 unspecified atom stereocenters. The van der Waals surface area contributed by atoms with E-state index >= 15 is 0 Å². The van der Waals surface area contributed by atoms with E-state index in [-0.39, 0.29) is 0 Å². The third-order valence-corrected chi connectivity index (χ3v) is 2.67. The third-order valence-electron chi connectivity index (χ3n) is 2.67. The first-order valence-electron chi connectivity index (χ1n) is 5.46. The number of aromatic nitrogens is 2. The first kappa shape index (κ1) is 10.7. The quantitative estimate of drug-likeness (QED) is 0.578. The van der Waals surface area contributed by atoms with Gasteiger partial charge in [-0.25, -0.2) is 0 Å². The van der Waals surface area contributed by atoms with Gasteiger partial charge >= 0.3 is 0 Å². The van der Waals surface area contributed by atoms with E-state index in [0.717, 1.165) is 29.6 Å². The molecule has 84 valence electrons. The van der Waals surface area contributed by atoms with Crippen LogP contribution >= 0.6 is 0 Å². The first-order valence-corrected chi connectivity index (χ1v) is 5.46. The van der Waals surface area contributed by atoms with Crippen molar-refractivity contribution in [2.75, 3.05) is 0 Å². The maximum absolute atomic E-state index is 11.5. The molecule has 1 aromatic carbocycles. The second-order valence-corrected chi connectivity index (χ2v) is 3.88. The highest BCUT2D eigenvalue weighted by Gasteiger charge is 2.12. The van der Waals surface area contributed by atoms with Gasteiger partial charge in [-0.05, 0) is 18.4 Å². The van der Waals surface area contributed by atoms with Gasteiger partial charge in [0.2, 0.25) is 12.4 Å². The molecular formula is C12H14N2O2. The van der Waals surface area contributed by atoms with Crippen LogP contribution in [-0.4, -0.2) is 0 Å². The molecule has 0 saturated carbocycles. The summed E-state index contributed by atoms with van der Waals surface area (Å²) in [4.78, 5) is 0. The summed E-state index contributed by atoms with van der Waals surface area (Å²) in [6.07, 6.45) is 5.61. The van der Waals surface area contributed by atoms with Gasteiger partial charge in [0.15, 0.2) is 0 Å². The number of benzene rings is 1. The minimum atomic E-state index is 0.415. The van der Waals surface area contributed by atoms with Crippen LogP contribution in [0.2, 0.25) is 0 Å². The van der Waals surface area contributed by atoms with Crippen LogP contribution in [0, 0.1) is 10.4 Å². The predicted octanol–water partition coefficient (Wildman–Crippen LogP) is 1.45. The number of nitrogens with zero attached hydrogens (tertiary/aromatic N) is 2. The normalized spacial score (nSPS) is 10.8. The van der Waals surface area contributed by atoms with Crippen molar-refractivity contribution < 1.29 is 9.46 Å². The summed E-state index contributed by atoms with van der Waals surface area (Å²) in [5.74, 6) is 0. The van der Waals surface area contributed by atoms with Gasteiger partial charge in [-0.15, -0.1) is 0 Å². The highest BCUT2D eigenvalue weighted by molar-refractivity contribution is 5.68. The van der Waals surface area contributed by atoms with Crippen molar-refractivity contribution in [3.8, 4) is 0 Å². The molecule has 0 fully saturated rings. The van der Waals surface area contributed by atoms with E-state index in [1.54, 1.807) is 12.1 Å². The van der Waals surface area contributed by atoms with Gasteiger partial charge in [0.05, 0.1) is 0 Å². The Kier molecular flexibility index (Phi) is 2.90. The monoisotopic (exact) mass is 218 g/mol. The molecule has 2 aromatic rings. The number of rotatable bonds is 3. The van der Waals surface area contributed by atoms with E-state index in [1.165, 1.54) is 12.4 Å². The smallest absolute Gasteiger partial charge is 0.290 e. The average molecular weight is 218 g/mol. The molecule has 0 N–H and O–H groups in total. The number of aryl methyl sites for hydroxylation is 1. The second kappa shape index (κ2) is 4.35. The molecule has 0 spiro atoms. The van der Waals surface area contributed by atoms with E-state index in [9.17, 15) is 10.4 Å². The van der Waals surface area contributed by atoms with Crippen molar-refractivity contribution in [1.29, 1.82) is 0 Å². The van der Waals surface area contributed by atoms with Crippen molar-refractivity contribution in [3.05, 3.63) is 46.6 Å². The summed E-state index contributed by atoms with van der Waals surface area (Å²) in [5, 5.41) is 22.9. The van der Waals surface area contributed by atoms with Gasteiger partial charge in [-0.1, -0.05) is 19.4 Å². The molecule has 16 heavy (non-hydrogen) atoms. The topological polar surface area (TPSA) is 53.9 Å². The SMILES string of the molecule is CCCCc1ccc2c(c1)[n+]([O-])cc[n+]2[O-]. The summed E-state index contributed by atoms with van der Waals surface area (Å²) < 4.78 is 1.45. The Labute approximate surface area is 93.9 Å². The molecule has 1 aromatic heterocycles. The molecule has 0 amide bonds. The van der Waals surface area contributed by atoms with Crippen molar-refractivity contribution in [1.82, 2.24) is 0 Å². The molecule has 0 atom stereocenters. The van der Waals surface area contributed by atoms with E-state index in [4.69, 9.17) is 0 Å². The molecule has 0 aliphatic carbocycles. The lowest BCUT2D eigenvalue weighted by atomic mass is 10.1. The summed E-state index contributed by atoms with van der Waals surface area (Å²) in [6, 6.07) is 5.42. The van der Waals surface area contributed by atoms with Crippen molar-refractivity contribution in [2.45, 2.75) is 26.2 Å². The van der Waals surface area contributed by atoms with Gasteiger partial charge < -0.3 is 10.4 Å². The Balaban J connectivity index is 2.48. The van der Waals surface area contributed by atoms with Crippen LogP contribution in [-0.2, 0) is 6.42 Å². The second-order valence-electron chi connectivity index (χ2n) is 3.88. The largest absolute Gasteiger partial charge is 0.618 e. The van der Waals surface area contributed by atoms with Crippen LogP contribution in [0.3, 0.4) is 0 Å². The van der Waals surface area contributed by atoms with E-state index < -0.39 is 0 Å². The lowest BCUT2D eigenvalue weighted by Gasteiger charge is -2.04. The Bertz CT molecular complexity index is 512. The minimum absolute atomic E-state index is 0.415. The molecule has 0 bridgehead atoms. The van der Waals surface area contributed by atoms with Gasteiger partial charge in [0, 0.05) is 12.1 Å². The van der Waals surface area contributed by atoms with Crippen molar-refractivity contribution >= 4 is 11.0 Å². The van der Waals surface area contributed by atoms with Crippen LogP contribution in [0.1, 0.15) is 25.3 Å². The van der Waals surface area contributed by atoms with Crippen LogP contribution < -0.4 is 9.46 Å². The fourth-order valence-corrected chi connectivity index (χ4v) is 1.75. The zero-order valence-corrected chi connectivity index (χ0v) is 9.22. The molecule has 4 nitrogen and oxygen atoms in total. The van der Waals surface area contributed by atoms with Gasteiger partial charge in [-0.2, -0.15) is 9.46 Å². The van der Waals surface area contributed by atoms with Gasteiger partial charge in [0.25, 0.3) is 11.0 Å². The fourth-order valence-electron chi connectivity index (χ4n) is 1.75. The highest BCUT2D eigenvalue weighted by Crippen LogP contribution is 2.11. The first-order chi connectivity index (χ1) is 7.72. The van der Waals surface area contributed by atoms with Crippen LogP contribution in [0.25, 0.3) is 11.0 Å². The summed E-state index contributed by atoms with van der Waals surface area (Å²) in [7, 11) is 0. The summed E-state index contributed by atoms with van der Waals surface area (Å²) in [6.45, 7) is 2.13. The van der Waals surface area contributed by atoms with Crippen LogP contribution in [0.5, 0.6) is 0 Å². The highest BCUT2D eigenvalue weighted by atomic mass is 16.5. The van der Waals surface area contributed by atoms with E-state index in [1.807, 2.05) is 6.07 Å². The molecule has 0 aliphatic rings. The average Bonchev–Trinajstić information content (AvgIpc) is 2.31. The van der Waals surface area contributed by atoms with Crippen LogP contribution in [0.15, 0.2) is 30.6 Å². The summed E-state index contributed by atoms with van der Waals surface area (Å²) in [5.41, 5.74) is 1.95. The zero-order chi connectivity index (χ0) is 11.5. The Morgan fingerprint density at radius 3 is 2.44 bits per heavy atom. The third kappa shape index (κ3) is 1.91. The number of hydrogen-bond donors (Lipinski definition) is 0. The Morgan fingerprint density at radius 1 is 1.06 bits per heavy atom. The lowest BCUT2D eigenvalue weighted by molar-refractivity contribution is -0.628. The van der Waals surface area contributed by atoms with Crippen molar-refractivity contribution in [3.63, 3.8) is 0 Å². The number of fused-ring (bicyclic) bond motifs is 1. The molecule has 1 heterocycles. The maximum atomic E-state index is 11.5. The van der Waals surface area contributed by atoms with Gasteiger partial charge in [0.1, 0.15) is 0 Å². The van der Waals surface area contributed by atoms with Crippen molar-refractivity contribution in [2.24, 2.45) is 0 Å². The van der Waals surface area contributed by atoms with E-state index in [0.29, 0.717) is 15.8 Å². The molecule has 0 radical (unpaired) electrons.